The molecule has 0 amide bonds. The van der Waals surface area contributed by atoms with Gasteiger partial charge in [-0.2, -0.15) is 0 Å². The van der Waals surface area contributed by atoms with Crippen molar-refractivity contribution in [2.75, 3.05) is 19.8 Å². The van der Waals surface area contributed by atoms with Gasteiger partial charge in [-0.1, -0.05) is 38.0 Å². The van der Waals surface area contributed by atoms with Gasteiger partial charge in [0.25, 0.3) is 0 Å². The average Bonchev–Trinajstić information content (AvgIpc) is 3.14. The van der Waals surface area contributed by atoms with E-state index in [4.69, 9.17) is 14.2 Å². The Hall–Kier alpha value is -2.37. The average molecular weight is 375 g/mol. The lowest BCUT2D eigenvalue weighted by Crippen LogP contribution is -2.45. The topological polar surface area (TPSA) is 74.2 Å². The number of nitrogens with zero attached hydrogens (tertiary/aromatic N) is 1. The molecule has 2 rings (SSSR count). The lowest BCUT2D eigenvalue weighted by atomic mass is 9.77. The van der Waals surface area contributed by atoms with Gasteiger partial charge in [-0.25, -0.2) is 4.99 Å². The van der Waals surface area contributed by atoms with Crippen LogP contribution < -0.4 is 0 Å². The summed E-state index contributed by atoms with van der Waals surface area (Å²) in [5.74, 6) is -0.528. The van der Waals surface area contributed by atoms with Crippen LogP contribution in [0.15, 0.2) is 35.3 Å². The number of benzene rings is 1. The summed E-state index contributed by atoms with van der Waals surface area (Å²) in [6.07, 6.45) is 1.78. The van der Waals surface area contributed by atoms with Crippen LogP contribution in [0.3, 0.4) is 0 Å². The number of ether oxygens (including phenoxy) is 3. The molecule has 1 heterocycles. The van der Waals surface area contributed by atoms with Crippen LogP contribution in [0, 0.1) is 5.41 Å². The summed E-state index contributed by atoms with van der Waals surface area (Å²) in [4.78, 5) is 30.1. The van der Waals surface area contributed by atoms with Gasteiger partial charge in [0, 0.05) is 12.0 Å². The van der Waals surface area contributed by atoms with Crippen LogP contribution in [-0.2, 0) is 23.8 Å². The Morgan fingerprint density at radius 3 is 2.30 bits per heavy atom. The normalized spacial score (nSPS) is 16.4. The molecule has 1 aliphatic heterocycles. The molecular formula is C21H29NO5. The Bertz CT molecular complexity index is 638. The van der Waals surface area contributed by atoms with Crippen molar-refractivity contribution in [3.05, 3.63) is 35.9 Å². The van der Waals surface area contributed by atoms with Crippen LogP contribution in [-0.4, -0.2) is 43.7 Å². The van der Waals surface area contributed by atoms with Gasteiger partial charge in [-0.3, -0.25) is 9.59 Å². The number of unbranched alkanes of at least 4 members (excludes halogenated alkanes) is 1. The molecule has 148 valence electrons. The van der Waals surface area contributed by atoms with Gasteiger partial charge in [0.15, 0.2) is 5.41 Å². The van der Waals surface area contributed by atoms with Crippen LogP contribution >= 0.6 is 0 Å². The van der Waals surface area contributed by atoms with Gasteiger partial charge >= 0.3 is 11.9 Å². The Kier molecular flexibility index (Phi) is 7.82. The molecule has 1 aromatic rings. The first-order valence-electron chi connectivity index (χ1n) is 9.68. The fourth-order valence-corrected chi connectivity index (χ4v) is 3.23. The molecule has 0 saturated carbocycles. The van der Waals surface area contributed by atoms with Gasteiger partial charge in [-0.05, 0) is 32.4 Å². The number of hydrogen-bond acceptors (Lipinski definition) is 6. The van der Waals surface area contributed by atoms with Crippen molar-refractivity contribution in [1.82, 2.24) is 0 Å². The molecule has 6 heteroatoms. The van der Waals surface area contributed by atoms with E-state index in [1.165, 1.54) is 0 Å². The summed E-state index contributed by atoms with van der Waals surface area (Å²) in [7, 11) is 0. The molecule has 0 spiro atoms. The molecule has 6 nitrogen and oxygen atoms in total. The number of carbonyl (C=O) groups excluding carboxylic acids is 2. The first-order chi connectivity index (χ1) is 13.1. The number of rotatable bonds is 10. The predicted molar refractivity (Wildman–Crippen MR) is 103 cm³/mol. The molecular weight excluding hydrogens is 346 g/mol. The molecule has 0 aliphatic carbocycles. The zero-order valence-corrected chi connectivity index (χ0v) is 16.4. The van der Waals surface area contributed by atoms with Crippen LogP contribution in [0.4, 0.5) is 0 Å². The number of esters is 2. The first-order valence-corrected chi connectivity index (χ1v) is 9.68. The molecule has 1 unspecified atom stereocenters. The van der Waals surface area contributed by atoms with Crippen LogP contribution in [0.5, 0.6) is 0 Å². The Balaban J connectivity index is 2.20. The maximum absolute atomic E-state index is 12.8. The van der Waals surface area contributed by atoms with E-state index in [0.29, 0.717) is 18.9 Å². The molecule has 1 aromatic carbocycles. The Labute approximate surface area is 160 Å². The summed E-state index contributed by atoms with van der Waals surface area (Å²) in [6, 6.07) is 9.59. The Morgan fingerprint density at radius 1 is 1.11 bits per heavy atom. The van der Waals surface area contributed by atoms with Crippen molar-refractivity contribution in [2.45, 2.75) is 52.6 Å². The van der Waals surface area contributed by atoms with Gasteiger partial charge in [0.05, 0.1) is 19.8 Å². The quantitative estimate of drug-likeness (QED) is 0.462. The van der Waals surface area contributed by atoms with Gasteiger partial charge in [0.2, 0.25) is 5.90 Å². The third-order valence-electron chi connectivity index (χ3n) is 4.60. The van der Waals surface area contributed by atoms with Crippen LogP contribution in [0.25, 0.3) is 0 Å². The van der Waals surface area contributed by atoms with Crippen molar-refractivity contribution in [1.29, 1.82) is 0 Å². The van der Waals surface area contributed by atoms with Crippen molar-refractivity contribution < 1.29 is 23.8 Å². The van der Waals surface area contributed by atoms with Crippen molar-refractivity contribution in [3.63, 3.8) is 0 Å². The lowest BCUT2D eigenvalue weighted by molar-refractivity contribution is -0.175. The lowest BCUT2D eigenvalue weighted by Gasteiger charge is -2.31. The molecule has 27 heavy (non-hydrogen) atoms. The summed E-state index contributed by atoms with van der Waals surface area (Å²) < 4.78 is 16.5. The van der Waals surface area contributed by atoms with Crippen molar-refractivity contribution >= 4 is 17.8 Å². The fourth-order valence-electron chi connectivity index (χ4n) is 3.23. The molecule has 0 aromatic heterocycles. The molecule has 0 N–H and O–H groups in total. The minimum absolute atomic E-state index is 0.199. The second-order valence-corrected chi connectivity index (χ2v) is 6.58. The third-order valence-corrected chi connectivity index (χ3v) is 4.60. The van der Waals surface area contributed by atoms with Crippen molar-refractivity contribution in [2.24, 2.45) is 10.4 Å². The van der Waals surface area contributed by atoms with E-state index in [1.54, 1.807) is 13.8 Å². The van der Waals surface area contributed by atoms with E-state index in [1.807, 2.05) is 37.3 Å². The summed E-state index contributed by atoms with van der Waals surface area (Å²) in [5, 5.41) is 0. The minimum atomic E-state index is -1.35. The molecule has 0 radical (unpaired) electrons. The van der Waals surface area contributed by atoms with Gasteiger partial charge in [0.1, 0.15) is 6.10 Å². The van der Waals surface area contributed by atoms with E-state index < -0.39 is 17.4 Å². The third kappa shape index (κ3) is 5.08. The second kappa shape index (κ2) is 10.1. The van der Waals surface area contributed by atoms with E-state index in [9.17, 15) is 9.59 Å². The predicted octanol–water partition coefficient (Wildman–Crippen LogP) is 3.52. The highest BCUT2D eigenvalue weighted by atomic mass is 16.6. The second-order valence-electron chi connectivity index (χ2n) is 6.58. The highest BCUT2D eigenvalue weighted by Crippen LogP contribution is 2.36. The van der Waals surface area contributed by atoms with E-state index in [2.05, 4.69) is 4.99 Å². The number of carbonyl (C=O) groups is 2. The number of aliphatic imine (C=N–C) groups is 1. The van der Waals surface area contributed by atoms with E-state index in [-0.39, 0.29) is 25.7 Å². The largest absolute Gasteiger partial charge is 0.472 e. The Morgan fingerprint density at radius 2 is 1.74 bits per heavy atom. The first kappa shape index (κ1) is 20.9. The smallest absolute Gasteiger partial charge is 0.323 e. The highest BCUT2D eigenvalue weighted by Gasteiger charge is 2.50. The monoisotopic (exact) mass is 375 g/mol. The van der Waals surface area contributed by atoms with Crippen LogP contribution in [0.1, 0.15) is 52.0 Å². The number of hydrogen-bond donors (Lipinski definition) is 0. The SMILES string of the molecule is CCCCC(CC1CN=C(c2ccccc2)O1)(C(=O)OCC)C(=O)OCC. The van der Waals surface area contributed by atoms with Crippen molar-refractivity contribution in [3.8, 4) is 0 Å². The van der Waals surface area contributed by atoms with E-state index >= 15 is 0 Å². The fraction of sp³-hybridized carbons (Fsp3) is 0.571. The highest BCUT2D eigenvalue weighted by molar-refractivity contribution is 6.00. The summed E-state index contributed by atoms with van der Waals surface area (Å²) >= 11 is 0. The molecule has 1 atom stereocenters. The summed E-state index contributed by atoms with van der Waals surface area (Å²) in [5.41, 5.74) is -0.472. The standard InChI is InChI=1S/C21H29NO5/c1-4-7-13-21(19(23)25-5-2,20(24)26-6-3)14-17-15-22-18(27-17)16-11-9-8-10-12-16/h8-12,17H,4-7,13-15H2,1-3H3. The molecule has 0 bridgehead atoms. The van der Waals surface area contributed by atoms with Gasteiger partial charge < -0.3 is 14.2 Å². The zero-order valence-electron chi connectivity index (χ0n) is 16.4. The van der Waals surface area contributed by atoms with E-state index in [0.717, 1.165) is 18.4 Å². The molecule has 0 fully saturated rings. The molecule has 1 aliphatic rings. The summed E-state index contributed by atoms with van der Waals surface area (Å²) in [6.45, 7) is 6.31. The maximum atomic E-state index is 12.8. The zero-order chi connectivity index (χ0) is 19.7. The maximum Gasteiger partial charge on any atom is 0.323 e. The van der Waals surface area contributed by atoms with Gasteiger partial charge in [-0.15, -0.1) is 0 Å². The minimum Gasteiger partial charge on any atom is -0.472 e. The molecule has 0 saturated heterocycles. The van der Waals surface area contributed by atoms with Crippen LogP contribution in [0.2, 0.25) is 0 Å².